The Morgan fingerprint density at radius 1 is 0.552 bits per heavy atom. The van der Waals surface area contributed by atoms with Crippen molar-refractivity contribution >= 4 is 0 Å². The summed E-state index contributed by atoms with van der Waals surface area (Å²) in [6.07, 6.45) is 13.5. The van der Waals surface area contributed by atoms with E-state index in [1.165, 1.54) is 75.3 Å². The summed E-state index contributed by atoms with van der Waals surface area (Å²) in [5, 5.41) is 0. The minimum absolute atomic E-state index is 0.0489. The zero-order valence-corrected chi connectivity index (χ0v) is 18.2. The normalized spacial score (nSPS) is 19.1. The molecule has 2 aromatic rings. The van der Waals surface area contributed by atoms with Gasteiger partial charge >= 0.3 is 0 Å². The highest BCUT2D eigenvalue weighted by Crippen LogP contribution is 2.34. The average Bonchev–Trinajstić information content (AvgIpc) is 2.76. The van der Waals surface area contributed by atoms with E-state index in [-0.39, 0.29) is 5.41 Å². The Hall–Kier alpha value is -1.96. The molecular formula is C27H36O2. The van der Waals surface area contributed by atoms with E-state index in [4.69, 9.17) is 9.47 Å². The van der Waals surface area contributed by atoms with Crippen molar-refractivity contribution in [2.45, 2.75) is 95.7 Å². The summed E-state index contributed by atoms with van der Waals surface area (Å²) in [6, 6.07) is 17.5. The maximum absolute atomic E-state index is 6.20. The molecule has 0 saturated heterocycles. The average molecular weight is 393 g/mol. The van der Waals surface area contributed by atoms with Gasteiger partial charge < -0.3 is 9.47 Å². The van der Waals surface area contributed by atoms with Crippen molar-refractivity contribution in [3.05, 3.63) is 59.7 Å². The summed E-state index contributed by atoms with van der Waals surface area (Å²) in [4.78, 5) is 0. The van der Waals surface area contributed by atoms with Gasteiger partial charge in [0.15, 0.2) is 0 Å². The molecule has 2 aliphatic carbocycles. The quantitative estimate of drug-likeness (QED) is 0.509. The molecule has 2 nitrogen and oxygen atoms in total. The Bertz CT molecular complexity index is 683. The van der Waals surface area contributed by atoms with Gasteiger partial charge in [0.25, 0.3) is 0 Å². The Morgan fingerprint density at radius 3 is 1.24 bits per heavy atom. The molecule has 0 heterocycles. The summed E-state index contributed by atoms with van der Waals surface area (Å²) in [6.45, 7) is 4.59. The fraction of sp³-hybridized carbons (Fsp3) is 0.556. The first kappa shape index (κ1) is 20.3. The molecular weight excluding hydrogens is 356 g/mol. The Morgan fingerprint density at radius 2 is 0.897 bits per heavy atom. The molecule has 0 radical (unpaired) electrons. The number of rotatable bonds is 6. The molecule has 2 fully saturated rings. The first-order valence-electron chi connectivity index (χ1n) is 11.7. The third kappa shape index (κ3) is 5.15. The van der Waals surface area contributed by atoms with Crippen LogP contribution in [0.2, 0.25) is 0 Å². The highest BCUT2D eigenvalue weighted by Gasteiger charge is 2.24. The van der Waals surface area contributed by atoms with Crippen LogP contribution in [0.1, 0.15) is 89.2 Å². The molecule has 0 amide bonds. The maximum atomic E-state index is 6.20. The first-order valence-corrected chi connectivity index (χ1v) is 11.7. The monoisotopic (exact) mass is 392 g/mol. The lowest BCUT2D eigenvalue weighted by atomic mass is 9.78. The second kappa shape index (κ2) is 9.24. The summed E-state index contributed by atoms with van der Waals surface area (Å²) >= 11 is 0. The van der Waals surface area contributed by atoms with E-state index in [0.29, 0.717) is 12.2 Å². The second-order valence-corrected chi connectivity index (χ2v) is 9.43. The van der Waals surface area contributed by atoms with Crippen LogP contribution in [0.3, 0.4) is 0 Å². The molecule has 0 spiro atoms. The fourth-order valence-corrected chi connectivity index (χ4v) is 4.82. The predicted octanol–water partition coefficient (Wildman–Crippen LogP) is 7.44. The Kier molecular flexibility index (Phi) is 6.47. The molecule has 0 N–H and O–H groups in total. The van der Waals surface area contributed by atoms with Crippen molar-refractivity contribution in [3.63, 3.8) is 0 Å². The van der Waals surface area contributed by atoms with Crippen molar-refractivity contribution in [1.82, 2.24) is 0 Å². The minimum Gasteiger partial charge on any atom is -0.490 e. The van der Waals surface area contributed by atoms with E-state index >= 15 is 0 Å². The van der Waals surface area contributed by atoms with Crippen LogP contribution in [0.25, 0.3) is 0 Å². The number of ether oxygens (including phenoxy) is 2. The zero-order valence-electron chi connectivity index (χ0n) is 18.2. The second-order valence-electron chi connectivity index (χ2n) is 9.43. The smallest absolute Gasteiger partial charge is 0.119 e. The molecule has 0 bridgehead atoms. The minimum atomic E-state index is -0.0489. The van der Waals surface area contributed by atoms with Crippen molar-refractivity contribution in [3.8, 4) is 11.5 Å². The van der Waals surface area contributed by atoms with Crippen LogP contribution < -0.4 is 9.47 Å². The lowest BCUT2D eigenvalue weighted by molar-refractivity contribution is 0.155. The summed E-state index contributed by atoms with van der Waals surface area (Å²) in [7, 11) is 0. The topological polar surface area (TPSA) is 18.5 Å². The number of hydrogen-bond donors (Lipinski definition) is 0. The molecule has 0 aliphatic heterocycles. The predicted molar refractivity (Wildman–Crippen MR) is 120 cm³/mol. The van der Waals surface area contributed by atoms with E-state index < -0.39 is 0 Å². The van der Waals surface area contributed by atoms with Gasteiger partial charge in [-0.2, -0.15) is 0 Å². The van der Waals surface area contributed by atoms with Gasteiger partial charge in [0.05, 0.1) is 12.2 Å². The van der Waals surface area contributed by atoms with Crippen LogP contribution in [-0.2, 0) is 5.41 Å². The van der Waals surface area contributed by atoms with Gasteiger partial charge in [-0.25, -0.2) is 0 Å². The van der Waals surface area contributed by atoms with Crippen LogP contribution in [0, 0.1) is 0 Å². The Labute approximate surface area is 176 Å². The number of benzene rings is 2. The standard InChI is InChI=1S/C27H36O2/c1-27(2,21-13-17-25(18-14-21)28-23-9-5-3-6-10-23)22-15-19-26(20-16-22)29-24-11-7-4-8-12-24/h13-20,23-24H,3-12H2,1-2H3. The van der Waals surface area contributed by atoms with Gasteiger partial charge in [-0.3, -0.25) is 0 Å². The molecule has 2 aliphatic rings. The van der Waals surface area contributed by atoms with Crippen LogP contribution in [-0.4, -0.2) is 12.2 Å². The summed E-state index contributed by atoms with van der Waals surface area (Å²) in [5.74, 6) is 2.01. The van der Waals surface area contributed by atoms with Crippen molar-refractivity contribution < 1.29 is 9.47 Å². The Balaban J connectivity index is 1.40. The molecule has 2 aromatic carbocycles. The maximum Gasteiger partial charge on any atom is 0.119 e. The molecule has 29 heavy (non-hydrogen) atoms. The fourth-order valence-electron chi connectivity index (χ4n) is 4.82. The highest BCUT2D eigenvalue weighted by atomic mass is 16.5. The summed E-state index contributed by atoms with van der Waals surface area (Å²) in [5.41, 5.74) is 2.58. The van der Waals surface area contributed by atoms with Gasteiger partial charge in [0, 0.05) is 5.41 Å². The molecule has 0 atom stereocenters. The van der Waals surface area contributed by atoms with E-state index in [2.05, 4.69) is 62.4 Å². The molecule has 0 aromatic heterocycles. The van der Waals surface area contributed by atoms with Crippen LogP contribution in [0.15, 0.2) is 48.5 Å². The first-order chi connectivity index (χ1) is 14.1. The van der Waals surface area contributed by atoms with Gasteiger partial charge in [-0.1, -0.05) is 51.0 Å². The van der Waals surface area contributed by atoms with E-state index in [1.807, 2.05) is 0 Å². The third-order valence-corrected chi connectivity index (χ3v) is 6.86. The zero-order chi connectivity index (χ0) is 20.1. The van der Waals surface area contributed by atoms with E-state index in [9.17, 15) is 0 Å². The SMILES string of the molecule is CC(C)(c1ccc(OC2CCCCC2)cc1)c1ccc(OC2CCCCC2)cc1. The lowest BCUT2D eigenvalue weighted by Crippen LogP contribution is -2.21. The lowest BCUT2D eigenvalue weighted by Gasteiger charge is -2.28. The van der Waals surface area contributed by atoms with Crippen LogP contribution in [0.4, 0.5) is 0 Å². The van der Waals surface area contributed by atoms with Crippen LogP contribution >= 0.6 is 0 Å². The van der Waals surface area contributed by atoms with Gasteiger partial charge in [-0.15, -0.1) is 0 Å². The largest absolute Gasteiger partial charge is 0.490 e. The number of hydrogen-bond acceptors (Lipinski definition) is 2. The molecule has 2 heteroatoms. The third-order valence-electron chi connectivity index (χ3n) is 6.86. The van der Waals surface area contributed by atoms with E-state index in [0.717, 1.165) is 11.5 Å². The van der Waals surface area contributed by atoms with Crippen molar-refractivity contribution in [2.75, 3.05) is 0 Å². The van der Waals surface area contributed by atoms with Gasteiger partial charge in [0.1, 0.15) is 11.5 Å². The summed E-state index contributed by atoms with van der Waals surface area (Å²) < 4.78 is 12.4. The molecule has 4 rings (SSSR count). The van der Waals surface area contributed by atoms with Gasteiger partial charge in [-0.05, 0) is 86.8 Å². The van der Waals surface area contributed by atoms with Crippen LogP contribution in [0.5, 0.6) is 11.5 Å². The highest BCUT2D eigenvalue weighted by molar-refractivity contribution is 5.42. The van der Waals surface area contributed by atoms with E-state index in [1.54, 1.807) is 0 Å². The van der Waals surface area contributed by atoms with Gasteiger partial charge in [0.2, 0.25) is 0 Å². The molecule has 156 valence electrons. The van der Waals surface area contributed by atoms with Crippen molar-refractivity contribution in [1.29, 1.82) is 0 Å². The molecule has 0 unspecified atom stereocenters. The van der Waals surface area contributed by atoms with Crippen molar-refractivity contribution in [2.24, 2.45) is 0 Å². The molecule has 2 saturated carbocycles.